The first-order chi connectivity index (χ1) is 16.2. The monoisotopic (exact) mass is 492 g/mol. The van der Waals surface area contributed by atoms with Crippen molar-refractivity contribution in [3.8, 4) is 5.75 Å². The largest absolute Gasteiger partial charge is 0.497 e. The van der Waals surface area contributed by atoms with E-state index in [1.807, 2.05) is 32.0 Å². The van der Waals surface area contributed by atoms with Crippen LogP contribution in [0.5, 0.6) is 5.75 Å². The number of sulfone groups is 1. The molecule has 3 aromatic carbocycles. The lowest BCUT2D eigenvalue weighted by atomic mass is 10.1. The van der Waals surface area contributed by atoms with Gasteiger partial charge in [-0.25, -0.2) is 8.42 Å². The molecule has 4 aromatic rings. The van der Waals surface area contributed by atoms with E-state index in [1.54, 1.807) is 49.6 Å². The molecule has 34 heavy (non-hydrogen) atoms. The van der Waals surface area contributed by atoms with Crippen LogP contribution in [-0.2, 0) is 9.84 Å². The van der Waals surface area contributed by atoms with Gasteiger partial charge in [0.15, 0.2) is 0 Å². The summed E-state index contributed by atoms with van der Waals surface area (Å²) in [6.45, 7) is 3.91. The van der Waals surface area contributed by atoms with Crippen LogP contribution in [0, 0.1) is 13.8 Å². The Labute approximate surface area is 202 Å². The lowest BCUT2D eigenvalue weighted by Crippen LogP contribution is -2.08. The van der Waals surface area contributed by atoms with Gasteiger partial charge in [0.1, 0.15) is 20.5 Å². The van der Waals surface area contributed by atoms with Crippen molar-refractivity contribution in [2.45, 2.75) is 23.6 Å². The fourth-order valence-electron chi connectivity index (χ4n) is 3.61. The summed E-state index contributed by atoms with van der Waals surface area (Å²) in [4.78, 5) is 13.5. The molecule has 4 rings (SSSR count). The first kappa shape index (κ1) is 23.5. The van der Waals surface area contributed by atoms with E-state index >= 15 is 0 Å². The van der Waals surface area contributed by atoms with Crippen LogP contribution in [0.15, 0.2) is 82.6 Å². The third kappa shape index (κ3) is 4.42. The molecule has 0 spiro atoms. The minimum absolute atomic E-state index is 0.0677. The Kier molecular flexibility index (Phi) is 6.45. The SMILES string of the molecule is COc1ccc(C(=O)c2sc(Nc3ccc(C)cc3C)c(S(=O)(=O)c3ccccc3)c2N)cc1. The standard InChI is InChI=1S/C26H24N2O4S2/c1-16-9-14-21(17(2)15-16)28-26-25(34(30,31)20-7-5-4-6-8-20)22(27)24(33-26)23(29)18-10-12-19(32-3)13-11-18/h4-15,28H,27H2,1-3H3. The van der Waals surface area contributed by atoms with Crippen molar-refractivity contribution in [2.75, 3.05) is 18.2 Å². The highest BCUT2D eigenvalue weighted by atomic mass is 32.2. The summed E-state index contributed by atoms with van der Waals surface area (Å²) in [5.74, 6) is 0.253. The number of nitrogens with two attached hydrogens (primary N) is 1. The number of carbonyl (C=O) groups excluding carboxylic acids is 1. The number of nitrogens with one attached hydrogen (secondary N) is 1. The van der Waals surface area contributed by atoms with Crippen molar-refractivity contribution in [2.24, 2.45) is 0 Å². The van der Waals surface area contributed by atoms with Crippen molar-refractivity contribution in [1.29, 1.82) is 0 Å². The number of hydrogen-bond donors (Lipinski definition) is 2. The van der Waals surface area contributed by atoms with Gasteiger partial charge in [0.05, 0.1) is 17.7 Å². The second-order valence-electron chi connectivity index (χ2n) is 7.82. The third-order valence-electron chi connectivity index (χ3n) is 5.41. The Morgan fingerprint density at radius 3 is 2.26 bits per heavy atom. The average Bonchev–Trinajstić information content (AvgIpc) is 3.17. The smallest absolute Gasteiger partial charge is 0.211 e. The predicted octanol–water partition coefficient (Wildman–Crippen LogP) is 5.76. The van der Waals surface area contributed by atoms with E-state index in [9.17, 15) is 13.2 Å². The van der Waals surface area contributed by atoms with E-state index in [0.717, 1.165) is 28.2 Å². The summed E-state index contributed by atoms with van der Waals surface area (Å²) in [5, 5.41) is 3.51. The van der Waals surface area contributed by atoms with Gasteiger partial charge in [-0.3, -0.25) is 4.79 Å². The summed E-state index contributed by atoms with van der Waals surface area (Å²) in [7, 11) is -2.45. The molecule has 0 aliphatic heterocycles. The molecular formula is C26H24N2O4S2. The molecule has 0 saturated carbocycles. The summed E-state index contributed by atoms with van der Waals surface area (Å²) in [5.41, 5.74) is 9.46. The van der Waals surface area contributed by atoms with Crippen LogP contribution in [0.2, 0.25) is 0 Å². The van der Waals surface area contributed by atoms with E-state index in [-0.39, 0.29) is 26.1 Å². The van der Waals surface area contributed by atoms with Gasteiger partial charge in [0, 0.05) is 11.3 Å². The first-order valence-electron chi connectivity index (χ1n) is 10.5. The third-order valence-corrected chi connectivity index (χ3v) is 8.51. The number of aryl methyl sites for hydroxylation is 2. The fraction of sp³-hybridized carbons (Fsp3) is 0.115. The van der Waals surface area contributed by atoms with E-state index in [4.69, 9.17) is 10.5 Å². The van der Waals surface area contributed by atoms with Gasteiger partial charge in [-0.05, 0) is 61.9 Å². The highest BCUT2D eigenvalue weighted by Crippen LogP contribution is 2.44. The number of benzene rings is 3. The number of nitrogen functional groups attached to an aromatic ring is 1. The Hall–Kier alpha value is -3.62. The molecule has 3 N–H and O–H groups in total. The zero-order valence-corrected chi connectivity index (χ0v) is 20.6. The van der Waals surface area contributed by atoms with Crippen LogP contribution in [0.25, 0.3) is 0 Å². The molecule has 8 heteroatoms. The predicted molar refractivity (Wildman–Crippen MR) is 136 cm³/mol. The summed E-state index contributed by atoms with van der Waals surface area (Å²) < 4.78 is 32.4. The van der Waals surface area contributed by atoms with Crippen molar-refractivity contribution in [3.05, 3.63) is 94.4 Å². The minimum atomic E-state index is -4.00. The quantitative estimate of drug-likeness (QED) is 0.318. The number of ketones is 1. The molecule has 1 aromatic heterocycles. The maximum absolute atomic E-state index is 13.6. The number of hydrogen-bond acceptors (Lipinski definition) is 7. The normalized spacial score (nSPS) is 11.3. The lowest BCUT2D eigenvalue weighted by Gasteiger charge is -2.12. The number of anilines is 3. The number of rotatable bonds is 7. The van der Waals surface area contributed by atoms with E-state index in [2.05, 4.69) is 5.32 Å². The maximum atomic E-state index is 13.6. The van der Waals surface area contributed by atoms with Gasteiger partial charge in [-0.15, -0.1) is 11.3 Å². The second kappa shape index (κ2) is 9.32. The van der Waals surface area contributed by atoms with Crippen LogP contribution in [-0.4, -0.2) is 21.3 Å². The molecule has 0 fully saturated rings. The number of carbonyl (C=O) groups is 1. The number of ether oxygens (including phenoxy) is 1. The Balaban J connectivity index is 1.87. The maximum Gasteiger partial charge on any atom is 0.211 e. The summed E-state index contributed by atoms with van der Waals surface area (Å²) in [6, 6.07) is 20.5. The summed E-state index contributed by atoms with van der Waals surface area (Å²) in [6.07, 6.45) is 0. The number of methoxy groups -OCH3 is 1. The van der Waals surface area contributed by atoms with Crippen LogP contribution in [0.4, 0.5) is 16.4 Å². The van der Waals surface area contributed by atoms with Gasteiger partial charge in [-0.2, -0.15) is 0 Å². The Morgan fingerprint density at radius 1 is 0.971 bits per heavy atom. The highest BCUT2D eigenvalue weighted by Gasteiger charge is 2.31. The van der Waals surface area contributed by atoms with Crippen LogP contribution >= 0.6 is 11.3 Å². The topological polar surface area (TPSA) is 98.5 Å². The first-order valence-corrected chi connectivity index (χ1v) is 12.8. The van der Waals surface area contributed by atoms with Gasteiger partial charge < -0.3 is 15.8 Å². The molecule has 0 radical (unpaired) electrons. The van der Waals surface area contributed by atoms with Crippen LogP contribution < -0.4 is 15.8 Å². The van der Waals surface area contributed by atoms with Gasteiger partial charge in [-0.1, -0.05) is 35.9 Å². The molecule has 6 nitrogen and oxygen atoms in total. The van der Waals surface area contributed by atoms with Crippen molar-refractivity contribution in [1.82, 2.24) is 0 Å². The summed E-state index contributed by atoms with van der Waals surface area (Å²) >= 11 is 1.03. The Bertz CT molecular complexity index is 1460. The van der Waals surface area contributed by atoms with E-state index in [0.29, 0.717) is 16.3 Å². The van der Waals surface area contributed by atoms with Crippen molar-refractivity contribution < 1.29 is 17.9 Å². The van der Waals surface area contributed by atoms with Crippen LogP contribution in [0.1, 0.15) is 26.4 Å². The lowest BCUT2D eigenvalue weighted by molar-refractivity contribution is 0.104. The second-order valence-corrected chi connectivity index (χ2v) is 10.7. The van der Waals surface area contributed by atoms with Gasteiger partial charge >= 0.3 is 0 Å². The molecule has 174 valence electrons. The molecule has 0 aliphatic carbocycles. The zero-order chi connectivity index (χ0) is 24.5. The molecular weight excluding hydrogens is 468 g/mol. The molecule has 0 saturated heterocycles. The number of thiophene rings is 1. The molecule has 0 aliphatic rings. The molecule has 0 unspecified atom stereocenters. The van der Waals surface area contributed by atoms with Crippen molar-refractivity contribution in [3.63, 3.8) is 0 Å². The van der Waals surface area contributed by atoms with E-state index < -0.39 is 9.84 Å². The fourth-order valence-corrected chi connectivity index (χ4v) is 6.56. The molecule has 0 atom stereocenters. The Morgan fingerprint density at radius 2 is 1.65 bits per heavy atom. The minimum Gasteiger partial charge on any atom is -0.497 e. The van der Waals surface area contributed by atoms with Crippen LogP contribution in [0.3, 0.4) is 0 Å². The van der Waals surface area contributed by atoms with E-state index in [1.165, 1.54) is 12.1 Å². The molecule has 0 bridgehead atoms. The zero-order valence-electron chi connectivity index (χ0n) is 19.0. The van der Waals surface area contributed by atoms with Gasteiger partial charge in [0.2, 0.25) is 15.6 Å². The molecule has 1 heterocycles. The van der Waals surface area contributed by atoms with Gasteiger partial charge in [0.25, 0.3) is 0 Å². The average molecular weight is 493 g/mol. The molecule has 0 amide bonds. The van der Waals surface area contributed by atoms with Crippen molar-refractivity contribution >= 4 is 43.3 Å². The highest BCUT2D eigenvalue weighted by molar-refractivity contribution is 7.92.